The summed E-state index contributed by atoms with van der Waals surface area (Å²) in [6, 6.07) is 9.24. The molecule has 1 unspecified atom stereocenters. The Morgan fingerprint density at radius 2 is 2.03 bits per heavy atom. The van der Waals surface area contributed by atoms with E-state index in [1.54, 1.807) is 30.3 Å². The summed E-state index contributed by atoms with van der Waals surface area (Å²) in [5.74, 6) is -1.56. The Hall–Kier alpha value is -1.88. The van der Waals surface area contributed by atoms with Crippen LogP contribution in [-0.4, -0.2) is 20.6 Å². The maximum atomic E-state index is 12.4. The van der Waals surface area contributed by atoms with Crippen molar-refractivity contribution < 1.29 is 54.1 Å². The minimum atomic E-state index is -2.67. The van der Waals surface area contributed by atoms with E-state index >= 15 is 0 Å². The topological polar surface area (TPSA) is 134 Å². The number of ether oxygens (including phenoxy) is 1. The summed E-state index contributed by atoms with van der Waals surface area (Å²) in [4.78, 5) is 24.6. The van der Waals surface area contributed by atoms with E-state index in [2.05, 4.69) is 10.0 Å². The molecule has 0 spiro atoms. The number of carbonyl (C=O) groups excluding carboxylic acids is 2. The van der Waals surface area contributed by atoms with Crippen molar-refractivity contribution in [1.82, 2.24) is 0 Å². The van der Waals surface area contributed by atoms with E-state index in [9.17, 15) is 18.4 Å². The van der Waals surface area contributed by atoms with Gasteiger partial charge in [0.15, 0.2) is 0 Å². The van der Waals surface area contributed by atoms with Gasteiger partial charge in [0.1, 0.15) is 11.3 Å². The number of nitrogens with two attached hydrogens (primary N) is 1. The number of anilines is 3. The second kappa shape index (κ2) is 10.9. The van der Waals surface area contributed by atoms with Crippen LogP contribution in [0.4, 0.5) is 17.1 Å². The van der Waals surface area contributed by atoms with Gasteiger partial charge >= 0.3 is 35.5 Å². The number of benzene rings is 2. The molecule has 154 valence electrons. The van der Waals surface area contributed by atoms with Gasteiger partial charge in [0.05, 0.1) is 11.4 Å². The largest absolute Gasteiger partial charge is 1.00 e. The number of allylic oxidation sites excluding steroid dienone is 1. The number of amides is 1. The first-order valence-electron chi connectivity index (χ1n) is 8.61. The Labute approximate surface area is 204 Å². The smallest absolute Gasteiger partial charge is 1.00 e. The first-order chi connectivity index (χ1) is 13.8. The molecule has 0 bridgehead atoms. The van der Waals surface area contributed by atoms with Crippen LogP contribution in [0.5, 0.6) is 5.75 Å². The Balaban J connectivity index is 0.00000240. The van der Waals surface area contributed by atoms with Crippen molar-refractivity contribution >= 4 is 51.8 Å². The average Bonchev–Trinajstić information content (AvgIpc) is 3.18. The van der Waals surface area contributed by atoms with E-state index in [1.807, 2.05) is 0 Å². The maximum absolute atomic E-state index is 12.4. The molecule has 1 atom stereocenters. The van der Waals surface area contributed by atoms with Crippen molar-refractivity contribution in [2.45, 2.75) is 19.3 Å². The van der Waals surface area contributed by atoms with Crippen molar-refractivity contribution in [1.29, 1.82) is 0 Å². The third-order valence-electron chi connectivity index (χ3n) is 4.21. The average molecular weight is 459 g/mol. The van der Waals surface area contributed by atoms with Crippen molar-refractivity contribution in [2.24, 2.45) is 5.73 Å². The number of hydrogen-bond donors (Lipinski definition) is 3. The van der Waals surface area contributed by atoms with Gasteiger partial charge in [-0.25, -0.2) is 4.79 Å². The van der Waals surface area contributed by atoms with Crippen LogP contribution >= 0.6 is 11.6 Å². The van der Waals surface area contributed by atoms with Gasteiger partial charge in [0.25, 0.3) is 5.91 Å². The van der Waals surface area contributed by atoms with E-state index in [4.69, 9.17) is 22.1 Å². The molecular weight excluding hydrogens is 441 g/mol. The molecule has 1 aliphatic carbocycles. The van der Waals surface area contributed by atoms with Crippen LogP contribution in [0.25, 0.3) is 0 Å². The quantitative estimate of drug-likeness (QED) is 0.240. The van der Waals surface area contributed by atoms with E-state index in [-0.39, 0.29) is 53.7 Å². The van der Waals surface area contributed by atoms with Crippen LogP contribution in [0, 0.1) is 0 Å². The zero-order valence-electron chi connectivity index (χ0n) is 17.1. The predicted octanol–water partition coefficient (Wildman–Crippen LogP) is 0.521. The van der Waals surface area contributed by atoms with Gasteiger partial charge in [0.2, 0.25) is 0 Å². The van der Waals surface area contributed by atoms with E-state index in [0.717, 1.165) is 12.8 Å². The molecular formula is C19H18ClN3NaO5S-. The molecule has 8 nitrogen and oxygen atoms in total. The zero-order chi connectivity index (χ0) is 21.0. The Kier molecular flexibility index (Phi) is 8.90. The summed E-state index contributed by atoms with van der Waals surface area (Å²) in [6.07, 6.45) is 4.01. The van der Waals surface area contributed by atoms with Gasteiger partial charge in [-0.1, -0.05) is 23.7 Å². The summed E-state index contributed by atoms with van der Waals surface area (Å²) in [6.45, 7) is 0. The second-order valence-electron chi connectivity index (χ2n) is 6.21. The molecule has 0 fully saturated rings. The molecule has 3 rings (SSSR count). The summed E-state index contributed by atoms with van der Waals surface area (Å²) in [5.41, 5.74) is 6.44. The summed E-state index contributed by atoms with van der Waals surface area (Å²) in [7, 11) is 0. The molecule has 1 aliphatic rings. The van der Waals surface area contributed by atoms with E-state index < -0.39 is 23.1 Å². The SMILES string of the molecule is NC(=O)c1c(OC(=O)C2=CCCC2)ccc(NS(=O)[O-])c1Nc1cccc(Cl)c1.[H-].[Na+]. The number of primary amides is 1. The third-order valence-corrected chi connectivity index (χ3v) is 4.83. The second-order valence-corrected chi connectivity index (χ2v) is 7.32. The number of rotatable bonds is 7. The standard InChI is InChI=1S/C19H18ClN3O5S.Na.H/c20-12-6-3-7-13(10-12)22-17-14(23-29(26)27)8-9-15(16(17)18(21)24)28-19(25)11-4-1-2-5-11;;/h3-4,6-10,22-23H,1-2,5H2,(H2,21,24)(H,26,27);;/q;+1;-1/p-1. The minimum absolute atomic E-state index is 0. The van der Waals surface area contributed by atoms with Crippen LogP contribution in [-0.2, 0) is 16.1 Å². The Bertz CT molecular complexity index is 1040. The number of hydrogen-bond acceptors (Lipinski definition) is 6. The summed E-state index contributed by atoms with van der Waals surface area (Å²) in [5, 5.41) is 3.35. The third kappa shape index (κ3) is 6.07. The van der Waals surface area contributed by atoms with Crippen LogP contribution in [0.1, 0.15) is 31.0 Å². The molecule has 0 saturated carbocycles. The maximum Gasteiger partial charge on any atom is 1.00 e. The van der Waals surface area contributed by atoms with Gasteiger partial charge in [-0.2, -0.15) is 0 Å². The number of esters is 1. The molecule has 2 aromatic rings. The Morgan fingerprint density at radius 1 is 1.27 bits per heavy atom. The molecule has 11 heteroatoms. The van der Waals surface area contributed by atoms with Crippen LogP contribution in [0.2, 0.25) is 5.02 Å². The minimum Gasteiger partial charge on any atom is -1.00 e. The van der Waals surface area contributed by atoms with E-state index in [1.165, 1.54) is 12.1 Å². The fraction of sp³-hybridized carbons (Fsp3) is 0.158. The van der Waals surface area contributed by atoms with Gasteiger partial charge in [-0.3, -0.25) is 9.00 Å². The van der Waals surface area contributed by atoms with Crippen molar-refractivity contribution in [3.05, 3.63) is 58.6 Å². The van der Waals surface area contributed by atoms with Gasteiger partial charge in [-0.05, 0) is 49.6 Å². The zero-order valence-corrected chi connectivity index (χ0v) is 19.6. The fourth-order valence-corrected chi connectivity index (χ4v) is 3.49. The van der Waals surface area contributed by atoms with Crippen molar-refractivity contribution in [3.8, 4) is 5.75 Å². The molecule has 2 aromatic carbocycles. The van der Waals surface area contributed by atoms with Crippen LogP contribution in [0.15, 0.2) is 48.0 Å². The number of halogens is 1. The van der Waals surface area contributed by atoms with Gasteiger partial charge < -0.3 is 26.5 Å². The van der Waals surface area contributed by atoms with Gasteiger partial charge in [0, 0.05) is 27.5 Å². The first kappa shape index (κ1) is 24.4. The number of carbonyl (C=O) groups is 2. The predicted molar refractivity (Wildman–Crippen MR) is 111 cm³/mol. The normalized spacial score (nSPS) is 13.6. The number of nitrogens with one attached hydrogen (secondary N) is 2. The molecule has 0 saturated heterocycles. The molecule has 0 aromatic heterocycles. The molecule has 30 heavy (non-hydrogen) atoms. The van der Waals surface area contributed by atoms with Crippen molar-refractivity contribution in [2.75, 3.05) is 10.0 Å². The summed E-state index contributed by atoms with van der Waals surface area (Å²) < 4.78 is 30.0. The van der Waals surface area contributed by atoms with Crippen molar-refractivity contribution in [3.63, 3.8) is 0 Å². The summed E-state index contributed by atoms with van der Waals surface area (Å²) >= 11 is 3.32. The first-order valence-corrected chi connectivity index (χ1v) is 10.1. The van der Waals surface area contributed by atoms with Crippen LogP contribution < -0.4 is 50.1 Å². The molecule has 1 amide bonds. The van der Waals surface area contributed by atoms with Gasteiger partial charge in [-0.15, -0.1) is 0 Å². The Morgan fingerprint density at radius 3 is 2.63 bits per heavy atom. The molecule has 0 radical (unpaired) electrons. The fourth-order valence-electron chi connectivity index (χ4n) is 2.95. The molecule has 0 aliphatic heterocycles. The van der Waals surface area contributed by atoms with Crippen LogP contribution in [0.3, 0.4) is 0 Å². The monoisotopic (exact) mass is 458 g/mol. The molecule has 0 heterocycles. The molecule has 4 N–H and O–H groups in total. The van der Waals surface area contributed by atoms with E-state index in [0.29, 0.717) is 22.7 Å².